The number of carbonyl (C=O) groups excluding carboxylic acids is 4. The second-order valence-corrected chi connectivity index (χ2v) is 12.2. The fraction of sp³-hybridized carbons (Fsp3) is 0.865. The van der Waals surface area contributed by atoms with E-state index in [0.717, 1.165) is 83.5 Å². The van der Waals surface area contributed by atoms with Crippen molar-refractivity contribution in [2.75, 3.05) is 26.4 Å². The lowest BCUT2D eigenvalue weighted by molar-refractivity contribution is -0.151. The minimum absolute atomic E-state index is 0.0511. The lowest BCUT2D eigenvalue weighted by Crippen LogP contribution is -2.42. The number of guanidine groups is 1. The number of unbranched alkanes of at least 4 members (excludes halogenated alkanes) is 7. The molecule has 11 nitrogen and oxygen atoms in total. The Morgan fingerprint density at radius 1 is 0.562 bits per heavy atom. The number of hydrogen-bond donors (Lipinski definition) is 3. The summed E-state index contributed by atoms with van der Waals surface area (Å²) in [5.74, 6) is -1.53. The fourth-order valence-corrected chi connectivity index (χ4v) is 5.15. The van der Waals surface area contributed by atoms with Crippen LogP contribution in [0.4, 0.5) is 0 Å². The zero-order chi connectivity index (χ0) is 36.4. The van der Waals surface area contributed by atoms with Crippen molar-refractivity contribution in [1.29, 1.82) is 0 Å². The maximum Gasteiger partial charge on any atom is 0.328 e. The van der Waals surface area contributed by atoms with Crippen LogP contribution in [-0.2, 0) is 33.4 Å². The molecule has 0 rings (SSSR count). The molecule has 0 radical (unpaired) electrons. The van der Waals surface area contributed by atoms with Crippen LogP contribution in [0.25, 0.3) is 0 Å². The van der Waals surface area contributed by atoms with Gasteiger partial charge in [0.15, 0.2) is 5.96 Å². The number of rotatable bonds is 30. The van der Waals surface area contributed by atoms with E-state index < -0.39 is 12.0 Å². The van der Waals surface area contributed by atoms with Crippen molar-refractivity contribution in [1.82, 2.24) is 5.32 Å². The van der Waals surface area contributed by atoms with Crippen LogP contribution in [0.1, 0.15) is 164 Å². The Balaban J connectivity index is 0. The highest BCUT2D eigenvalue weighted by Gasteiger charge is 2.23. The minimum atomic E-state index is -0.921. The standard InChI is InChI=1S/C35H66N4O7.C2H6/c1-5-9-12-14-21-29(19-11-7-3)33(42)44-25-15-16-26-46-34(43)30(23-24-38-35(36)37)39-31(40)22-17-27-45-32(41)28(18-8-4)20-13-10-6-2;1-2/h28-30H,5-27H2,1-4H3,(H,39,40)(H4,36,37,38);1-2H3. The Kier molecular flexibility index (Phi) is 33.5. The number of carbonyl (C=O) groups is 4. The Bertz CT molecular complexity index is 850. The summed E-state index contributed by atoms with van der Waals surface area (Å²) in [7, 11) is 0. The van der Waals surface area contributed by atoms with Crippen molar-refractivity contribution < 1.29 is 33.4 Å². The molecule has 0 bridgehead atoms. The van der Waals surface area contributed by atoms with Gasteiger partial charge in [-0.05, 0) is 51.4 Å². The van der Waals surface area contributed by atoms with E-state index in [4.69, 9.17) is 25.7 Å². The van der Waals surface area contributed by atoms with Gasteiger partial charge in [-0.25, -0.2) is 4.79 Å². The molecular formula is C37H72N4O7. The Hall–Kier alpha value is -2.85. The molecule has 48 heavy (non-hydrogen) atoms. The monoisotopic (exact) mass is 685 g/mol. The van der Waals surface area contributed by atoms with Crippen LogP contribution in [0.5, 0.6) is 0 Å². The maximum absolute atomic E-state index is 12.8. The SMILES string of the molecule is CC.CCCCCCC(CCCC)C(=O)OCCCCOC(=O)C(CCN=C(N)N)NC(=O)CCCOC(=O)C(CCC)CCCCC. The van der Waals surface area contributed by atoms with Crippen LogP contribution < -0.4 is 16.8 Å². The molecule has 5 N–H and O–H groups in total. The lowest BCUT2D eigenvalue weighted by Gasteiger charge is -2.18. The van der Waals surface area contributed by atoms with Crippen molar-refractivity contribution in [2.45, 2.75) is 170 Å². The number of ether oxygens (including phenoxy) is 3. The van der Waals surface area contributed by atoms with Crippen LogP contribution >= 0.6 is 0 Å². The van der Waals surface area contributed by atoms with E-state index in [1.165, 1.54) is 6.42 Å². The number of esters is 3. The highest BCUT2D eigenvalue weighted by molar-refractivity contribution is 5.84. The minimum Gasteiger partial charge on any atom is -0.465 e. The molecule has 0 saturated heterocycles. The van der Waals surface area contributed by atoms with Crippen molar-refractivity contribution >= 4 is 29.8 Å². The van der Waals surface area contributed by atoms with Crippen molar-refractivity contribution in [3.8, 4) is 0 Å². The summed E-state index contributed by atoms with van der Waals surface area (Å²) in [6, 6.07) is -0.921. The zero-order valence-corrected chi connectivity index (χ0v) is 31.5. The average molecular weight is 685 g/mol. The fourth-order valence-electron chi connectivity index (χ4n) is 5.15. The second kappa shape index (κ2) is 34.0. The highest BCUT2D eigenvalue weighted by Crippen LogP contribution is 2.20. The predicted molar refractivity (Wildman–Crippen MR) is 194 cm³/mol. The van der Waals surface area contributed by atoms with E-state index in [0.29, 0.717) is 19.3 Å². The Morgan fingerprint density at radius 3 is 1.58 bits per heavy atom. The molecule has 11 heteroatoms. The molecule has 0 aromatic carbocycles. The van der Waals surface area contributed by atoms with Gasteiger partial charge in [0.2, 0.25) is 5.91 Å². The van der Waals surface area contributed by atoms with Gasteiger partial charge in [-0.1, -0.05) is 106 Å². The van der Waals surface area contributed by atoms with E-state index in [9.17, 15) is 19.2 Å². The lowest BCUT2D eigenvalue weighted by atomic mass is 9.95. The molecule has 3 unspecified atom stereocenters. The van der Waals surface area contributed by atoms with Gasteiger partial charge < -0.3 is 31.0 Å². The maximum atomic E-state index is 12.8. The summed E-state index contributed by atoms with van der Waals surface area (Å²) in [6.45, 7) is 13.2. The highest BCUT2D eigenvalue weighted by atomic mass is 16.5. The summed E-state index contributed by atoms with van der Waals surface area (Å²) < 4.78 is 16.4. The second-order valence-electron chi connectivity index (χ2n) is 12.2. The molecule has 0 spiro atoms. The molecule has 0 heterocycles. The molecular weight excluding hydrogens is 612 g/mol. The summed E-state index contributed by atoms with van der Waals surface area (Å²) in [6.07, 6.45) is 15.7. The molecule has 0 aromatic rings. The average Bonchev–Trinajstić information content (AvgIpc) is 3.07. The van der Waals surface area contributed by atoms with Crippen molar-refractivity contribution in [2.24, 2.45) is 28.3 Å². The first kappa shape index (κ1) is 47.3. The van der Waals surface area contributed by atoms with E-state index >= 15 is 0 Å². The van der Waals surface area contributed by atoms with Gasteiger partial charge in [0.05, 0.1) is 31.7 Å². The largest absolute Gasteiger partial charge is 0.465 e. The number of nitrogens with zero attached hydrogens (tertiary/aromatic N) is 1. The van der Waals surface area contributed by atoms with Gasteiger partial charge in [-0.15, -0.1) is 0 Å². The topological polar surface area (TPSA) is 172 Å². The third kappa shape index (κ3) is 27.1. The van der Waals surface area contributed by atoms with Gasteiger partial charge in [-0.3, -0.25) is 19.4 Å². The first-order chi connectivity index (χ1) is 23.2. The van der Waals surface area contributed by atoms with Crippen LogP contribution in [-0.4, -0.2) is 62.2 Å². The van der Waals surface area contributed by atoms with Crippen molar-refractivity contribution in [3.63, 3.8) is 0 Å². The number of nitrogens with two attached hydrogens (primary N) is 2. The van der Waals surface area contributed by atoms with Gasteiger partial charge >= 0.3 is 17.9 Å². The third-order valence-corrected chi connectivity index (χ3v) is 7.92. The first-order valence-corrected chi connectivity index (χ1v) is 19.0. The smallest absolute Gasteiger partial charge is 0.328 e. The first-order valence-electron chi connectivity index (χ1n) is 19.0. The number of aliphatic imine (C=N–C) groups is 1. The van der Waals surface area contributed by atoms with E-state index in [1.54, 1.807) is 0 Å². The van der Waals surface area contributed by atoms with Crippen LogP contribution in [0.3, 0.4) is 0 Å². The summed E-state index contributed by atoms with van der Waals surface area (Å²) in [5.41, 5.74) is 10.8. The van der Waals surface area contributed by atoms with E-state index in [2.05, 4.69) is 38.0 Å². The quantitative estimate of drug-likeness (QED) is 0.0234. The predicted octanol–water partition coefficient (Wildman–Crippen LogP) is 7.12. The molecule has 0 aromatic heterocycles. The van der Waals surface area contributed by atoms with Gasteiger partial charge in [0.1, 0.15) is 6.04 Å². The van der Waals surface area contributed by atoms with E-state index in [-0.39, 0.29) is 74.8 Å². The zero-order valence-electron chi connectivity index (χ0n) is 31.5. The van der Waals surface area contributed by atoms with Crippen LogP contribution in [0.2, 0.25) is 0 Å². The van der Waals surface area contributed by atoms with Gasteiger partial charge in [0, 0.05) is 13.0 Å². The van der Waals surface area contributed by atoms with Crippen molar-refractivity contribution in [3.05, 3.63) is 0 Å². The molecule has 0 aliphatic carbocycles. The Labute approximate surface area is 292 Å². The van der Waals surface area contributed by atoms with Crippen LogP contribution in [0, 0.1) is 11.8 Å². The molecule has 0 aliphatic rings. The van der Waals surface area contributed by atoms with E-state index in [1.807, 2.05) is 13.8 Å². The molecule has 282 valence electrons. The normalized spacial score (nSPS) is 12.5. The summed E-state index contributed by atoms with van der Waals surface area (Å²) >= 11 is 0. The molecule has 3 atom stereocenters. The van der Waals surface area contributed by atoms with Gasteiger partial charge in [-0.2, -0.15) is 0 Å². The third-order valence-electron chi connectivity index (χ3n) is 7.92. The Morgan fingerprint density at radius 2 is 1.04 bits per heavy atom. The molecule has 0 aliphatic heterocycles. The number of nitrogens with one attached hydrogen (secondary N) is 1. The number of amides is 1. The molecule has 0 saturated carbocycles. The summed E-state index contributed by atoms with van der Waals surface area (Å²) in [4.78, 5) is 54.4. The molecule has 0 fully saturated rings. The summed E-state index contributed by atoms with van der Waals surface area (Å²) in [5, 5.41) is 2.70. The number of hydrogen-bond acceptors (Lipinski definition) is 8. The molecule has 1 amide bonds. The van der Waals surface area contributed by atoms with Gasteiger partial charge in [0.25, 0.3) is 0 Å². The van der Waals surface area contributed by atoms with Crippen LogP contribution in [0.15, 0.2) is 4.99 Å².